The van der Waals surface area contributed by atoms with E-state index >= 15 is 0 Å². The molecule has 2 aromatic heterocycles. The van der Waals surface area contributed by atoms with Gasteiger partial charge in [0.05, 0.1) is 11.4 Å². The number of aromatic nitrogens is 3. The van der Waals surface area contributed by atoms with E-state index in [-0.39, 0.29) is 11.9 Å². The number of hydrogen-bond donors (Lipinski definition) is 2. The van der Waals surface area contributed by atoms with Gasteiger partial charge in [0.1, 0.15) is 0 Å². The lowest BCUT2D eigenvalue weighted by molar-refractivity contribution is 0.0943. The highest BCUT2D eigenvalue weighted by Crippen LogP contribution is 2.14. The fraction of sp³-hybridized carbons (Fsp3) is 0.250. The topological polar surface area (TPSA) is 70.7 Å². The number of amides is 1. The van der Waals surface area contributed by atoms with Gasteiger partial charge >= 0.3 is 0 Å². The number of carbonyl (C=O) groups is 1. The van der Waals surface area contributed by atoms with Gasteiger partial charge in [0.25, 0.3) is 5.91 Å². The summed E-state index contributed by atoms with van der Waals surface area (Å²) in [6.07, 6.45) is 3.27. The van der Waals surface area contributed by atoms with Crippen LogP contribution in [-0.4, -0.2) is 27.1 Å². The molecule has 0 aliphatic heterocycles. The van der Waals surface area contributed by atoms with E-state index in [4.69, 9.17) is 0 Å². The average molecular weight is 230 g/mol. The Morgan fingerprint density at radius 3 is 2.82 bits per heavy atom. The second-order valence-electron chi connectivity index (χ2n) is 4.03. The summed E-state index contributed by atoms with van der Waals surface area (Å²) in [7, 11) is 0. The van der Waals surface area contributed by atoms with E-state index in [1.54, 1.807) is 24.5 Å². The van der Waals surface area contributed by atoms with Crippen LogP contribution in [0.1, 0.15) is 24.2 Å². The third-order valence-corrected chi connectivity index (χ3v) is 2.22. The Labute approximate surface area is 99.3 Å². The van der Waals surface area contributed by atoms with Crippen LogP contribution < -0.4 is 5.32 Å². The Morgan fingerprint density at radius 1 is 1.35 bits per heavy atom. The lowest BCUT2D eigenvalue weighted by Gasteiger charge is -2.08. The van der Waals surface area contributed by atoms with Gasteiger partial charge in [-0.05, 0) is 32.0 Å². The first kappa shape index (κ1) is 11.3. The second kappa shape index (κ2) is 4.78. The first-order chi connectivity index (χ1) is 8.16. The van der Waals surface area contributed by atoms with Crippen LogP contribution in [0.25, 0.3) is 11.4 Å². The number of rotatable bonds is 3. The predicted molar refractivity (Wildman–Crippen MR) is 64.4 cm³/mol. The van der Waals surface area contributed by atoms with E-state index in [1.807, 2.05) is 19.9 Å². The average Bonchev–Trinajstić information content (AvgIpc) is 2.82. The fourth-order valence-corrected chi connectivity index (χ4v) is 1.46. The van der Waals surface area contributed by atoms with E-state index in [2.05, 4.69) is 20.5 Å². The molecule has 0 fully saturated rings. The molecule has 0 saturated carbocycles. The molecule has 1 amide bonds. The van der Waals surface area contributed by atoms with Crippen LogP contribution in [0, 0.1) is 0 Å². The first-order valence-corrected chi connectivity index (χ1v) is 5.43. The highest BCUT2D eigenvalue weighted by molar-refractivity contribution is 5.95. The number of nitrogens with zero attached hydrogens (tertiary/aromatic N) is 2. The smallest absolute Gasteiger partial charge is 0.251 e. The summed E-state index contributed by atoms with van der Waals surface area (Å²) in [4.78, 5) is 16.0. The summed E-state index contributed by atoms with van der Waals surface area (Å²) in [5.74, 6) is -0.0943. The van der Waals surface area contributed by atoms with Crippen LogP contribution in [0.4, 0.5) is 0 Å². The van der Waals surface area contributed by atoms with E-state index < -0.39 is 0 Å². The van der Waals surface area contributed by atoms with Crippen LogP contribution in [0.15, 0.2) is 30.6 Å². The largest absolute Gasteiger partial charge is 0.350 e. The molecule has 17 heavy (non-hydrogen) atoms. The summed E-state index contributed by atoms with van der Waals surface area (Å²) in [5.41, 5.74) is 2.10. The third kappa shape index (κ3) is 2.69. The van der Waals surface area contributed by atoms with Crippen molar-refractivity contribution in [2.75, 3.05) is 0 Å². The number of H-pyrrole nitrogens is 1. The fourth-order valence-electron chi connectivity index (χ4n) is 1.46. The maximum Gasteiger partial charge on any atom is 0.251 e. The van der Waals surface area contributed by atoms with Crippen molar-refractivity contribution in [3.8, 4) is 11.4 Å². The third-order valence-electron chi connectivity index (χ3n) is 2.22. The molecule has 0 unspecified atom stereocenters. The molecule has 0 aliphatic carbocycles. The normalized spacial score (nSPS) is 10.5. The van der Waals surface area contributed by atoms with Crippen molar-refractivity contribution < 1.29 is 4.79 Å². The van der Waals surface area contributed by atoms with Gasteiger partial charge in [0, 0.05) is 24.0 Å². The number of carbonyl (C=O) groups excluding carboxylic acids is 1. The maximum absolute atomic E-state index is 11.8. The van der Waals surface area contributed by atoms with Gasteiger partial charge in [-0.15, -0.1) is 0 Å². The minimum atomic E-state index is -0.0943. The van der Waals surface area contributed by atoms with Crippen molar-refractivity contribution in [3.05, 3.63) is 36.2 Å². The first-order valence-electron chi connectivity index (χ1n) is 5.43. The SMILES string of the molecule is CC(C)NC(=O)c1ccnc(-c2ccn[nH]2)c1. The molecular formula is C12H14N4O. The Bertz CT molecular complexity index is 505. The lowest BCUT2D eigenvalue weighted by atomic mass is 10.2. The van der Waals surface area contributed by atoms with Crippen LogP contribution in [0.2, 0.25) is 0 Å². The molecule has 0 atom stereocenters. The lowest BCUT2D eigenvalue weighted by Crippen LogP contribution is -2.30. The molecule has 2 aromatic rings. The zero-order chi connectivity index (χ0) is 12.3. The number of pyridine rings is 1. The van der Waals surface area contributed by atoms with Crippen molar-refractivity contribution in [1.29, 1.82) is 0 Å². The molecule has 0 aromatic carbocycles. The highest BCUT2D eigenvalue weighted by atomic mass is 16.1. The Morgan fingerprint density at radius 2 is 2.18 bits per heavy atom. The van der Waals surface area contributed by atoms with Crippen LogP contribution in [0.5, 0.6) is 0 Å². The van der Waals surface area contributed by atoms with Gasteiger partial charge in [0.15, 0.2) is 0 Å². The highest BCUT2D eigenvalue weighted by Gasteiger charge is 2.09. The number of aromatic amines is 1. The molecule has 0 bridgehead atoms. The monoisotopic (exact) mass is 230 g/mol. The van der Waals surface area contributed by atoms with E-state index in [9.17, 15) is 4.79 Å². The molecule has 0 spiro atoms. The van der Waals surface area contributed by atoms with Crippen LogP contribution in [0.3, 0.4) is 0 Å². The predicted octanol–water partition coefficient (Wildman–Crippen LogP) is 1.61. The maximum atomic E-state index is 11.8. The number of hydrogen-bond acceptors (Lipinski definition) is 3. The molecule has 0 aliphatic rings. The Balaban J connectivity index is 2.26. The molecule has 88 valence electrons. The van der Waals surface area contributed by atoms with Gasteiger partial charge in [0.2, 0.25) is 0 Å². The molecule has 2 N–H and O–H groups in total. The van der Waals surface area contributed by atoms with Crippen molar-refractivity contribution in [2.45, 2.75) is 19.9 Å². The summed E-state index contributed by atoms with van der Waals surface area (Å²) >= 11 is 0. The van der Waals surface area contributed by atoms with Gasteiger partial charge in [-0.1, -0.05) is 0 Å². The van der Waals surface area contributed by atoms with Gasteiger partial charge in [-0.25, -0.2) is 0 Å². The summed E-state index contributed by atoms with van der Waals surface area (Å²) < 4.78 is 0. The van der Waals surface area contributed by atoms with Crippen molar-refractivity contribution >= 4 is 5.91 Å². The van der Waals surface area contributed by atoms with Crippen molar-refractivity contribution in [3.63, 3.8) is 0 Å². The van der Waals surface area contributed by atoms with E-state index in [0.717, 1.165) is 5.69 Å². The summed E-state index contributed by atoms with van der Waals surface area (Å²) in [6, 6.07) is 5.36. The molecule has 0 saturated heterocycles. The summed E-state index contributed by atoms with van der Waals surface area (Å²) in [6.45, 7) is 3.85. The quantitative estimate of drug-likeness (QED) is 0.841. The van der Waals surface area contributed by atoms with Crippen LogP contribution >= 0.6 is 0 Å². The minimum Gasteiger partial charge on any atom is -0.350 e. The van der Waals surface area contributed by atoms with Crippen molar-refractivity contribution in [2.24, 2.45) is 0 Å². The van der Waals surface area contributed by atoms with Gasteiger partial charge < -0.3 is 5.32 Å². The van der Waals surface area contributed by atoms with Gasteiger partial charge in [-0.2, -0.15) is 5.10 Å². The summed E-state index contributed by atoms with van der Waals surface area (Å²) in [5, 5.41) is 9.51. The minimum absolute atomic E-state index is 0.0943. The molecule has 5 nitrogen and oxygen atoms in total. The standard InChI is InChI=1S/C12H14N4O/c1-8(2)15-12(17)9-3-5-13-11(7-9)10-4-6-14-16-10/h3-8H,1-2H3,(H,14,16)(H,15,17). The zero-order valence-electron chi connectivity index (χ0n) is 9.77. The molecule has 2 rings (SSSR count). The van der Waals surface area contributed by atoms with Crippen molar-refractivity contribution in [1.82, 2.24) is 20.5 Å². The van der Waals surface area contributed by atoms with Gasteiger partial charge in [-0.3, -0.25) is 14.9 Å². The Hall–Kier alpha value is -2.17. The Kier molecular flexibility index (Phi) is 3.18. The zero-order valence-corrected chi connectivity index (χ0v) is 9.77. The molecule has 0 radical (unpaired) electrons. The van der Waals surface area contributed by atoms with E-state index in [1.165, 1.54) is 0 Å². The van der Waals surface area contributed by atoms with E-state index in [0.29, 0.717) is 11.3 Å². The molecule has 2 heterocycles. The molecular weight excluding hydrogens is 216 g/mol. The molecule has 5 heteroatoms. The number of nitrogens with one attached hydrogen (secondary N) is 2. The second-order valence-corrected chi connectivity index (χ2v) is 4.03. The van der Waals surface area contributed by atoms with Crippen LogP contribution in [-0.2, 0) is 0 Å².